The minimum absolute atomic E-state index is 0.0193. The Morgan fingerprint density at radius 2 is 2.24 bits per heavy atom. The van der Waals surface area contributed by atoms with Gasteiger partial charge in [0.1, 0.15) is 12.3 Å². The minimum Gasteiger partial charge on any atom is -0.477 e. The van der Waals surface area contributed by atoms with Gasteiger partial charge in [-0.15, -0.1) is 0 Å². The molecule has 1 aromatic rings. The van der Waals surface area contributed by atoms with Crippen LogP contribution < -0.4 is 5.32 Å². The number of nitrogens with zero attached hydrogens (tertiary/aromatic N) is 1. The second-order valence-corrected chi connectivity index (χ2v) is 3.34. The first-order valence-corrected chi connectivity index (χ1v) is 5.20. The third-order valence-corrected chi connectivity index (χ3v) is 1.85. The van der Waals surface area contributed by atoms with Crippen molar-refractivity contribution in [2.45, 2.75) is 13.3 Å². The van der Waals surface area contributed by atoms with Crippen LogP contribution in [0.3, 0.4) is 0 Å². The molecule has 0 saturated heterocycles. The number of pyridine rings is 1. The fraction of sp³-hybridized carbons (Fsp3) is 0.364. The van der Waals surface area contributed by atoms with Crippen LogP contribution in [0.5, 0.6) is 0 Å². The maximum atomic E-state index is 11.3. The highest BCUT2D eigenvalue weighted by Gasteiger charge is 2.05. The molecule has 1 amide bonds. The third-order valence-electron chi connectivity index (χ3n) is 1.85. The number of anilines is 1. The summed E-state index contributed by atoms with van der Waals surface area (Å²) in [6.07, 6.45) is 2.14. The lowest BCUT2D eigenvalue weighted by Gasteiger charge is -2.05. The van der Waals surface area contributed by atoms with Crippen molar-refractivity contribution in [3.63, 3.8) is 0 Å². The van der Waals surface area contributed by atoms with Gasteiger partial charge in [0.25, 0.3) is 0 Å². The van der Waals surface area contributed by atoms with Gasteiger partial charge in [0.05, 0.1) is 11.9 Å². The van der Waals surface area contributed by atoms with Gasteiger partial charge in [0.15, 0.2) is 0 Å². The topological polar surface area (TPSA) is 88.5 Å². The van der Waals surface area contributed by atoms with Gasteiger partial charge in [0, 0.05) is 6.61 Å². The van der Waals surface area contributed by atoms with Crippen LogP contribution in [-0.4, -0.2) is 35.2 Å². The van der Waals surface area contributed by atoms with Crippen molar-refractivity contribution in [1.82, 2.24) is 4.98 Å². The number of ether oxygens (including phenoxy) is 1. The highest BCUT2D eigenvalue weighted by Crippen LogP contribution is 2.05. The summed E-state index contributed by atoms with van der Waals surface area (Å²) in [6, 6.07) is 2.80. The number of carbonyl (C=O) groups is 2. The molecule has 92 valence electrons. The predicted molar refractivity (Wildman–Crippen MR) is 60.9 cm³/mol. The highest BCUT2D eigenvalue weighted by atomic mass is 16.5. The molecule has 0 fully saturated rings. The van der Waals surface area contributed by atoms with Gasteiger partial charge in [-0.3, -0.25) is 4.79 Å². The number of aromatic nitrogens is 1. The van der Waals surface area contributed by atoms with Crippen LogP contribution in [0.2, 0.25) is 0 Å². The van der Waals surface area contributed by atoms with Crippen LogP contribution in [0.4, 0.5) is 5.69 Å². The number of aromatic carboxylic acids is 1. The molecule has 1 rings (SSSR count). The number of nitrogens with one attached hydrogen (secondary N) is 1. The molecule has 1 aromatic heterocycles. The maximum absolute atomic E-state index is 11.3. The molecule has 6 nitrogen and oxygen atoms in total. The molecule has 0 aliphatic rings. The molecule has 0 aromatic carbocycles. The van der Waals surface area contributed by atoms with E-state index < -0.39 is 5.97 Å². The Hall–Kier alpha value is -1.95. The quantitative estimate of drug-likeness (QED) is 0.725. The molecular weight excluding hydrogens is 224 g/mol. The Bertz CT molecular complexity index is 389. The van der Waals surface area contributed by atoms with Crippen LogP contribution >= 0.6 is 0 Å². The highest BCUT2D eigenvalue weighted by molar-refractivity contribution is 5.92. The van der Waals surface area contributed by atoms with E-state index in [9.17, 15) is 9.59 Å². The standard InChI is InChI=1S/C11H14N2O4/c1-2-5-17-7-10(14)13-8-3-4-9(11(15)16)12-6-8/h3-4,6H,2,5,7H2,1H3,(H,13,14)(H,15,16). The largest absolute Gasteiger partial charge is 0.477 e. The minimum atomic E-state index is -1.10. The lowest BCUT2D eigenvalue weighted by atomic mass is 10.3. The summed E-state index contributed by atoms with van der Waals surface area (Å²) < 4.78 is 5.05. The molecule has 0 spiro atoms. The summed E-state index contributed by atoms with van der Waals surface area (Å²) in [4.78, 5) is 25.5. The number of hydrogen-bond donors (Lipinski definition) is 2. The van der Waals surface area contributed by atoms with Crippen molar-refractivity contribution in [2.75, 3.05) is 18.5 Å². The van der Waals surface area contributed by atoms with Crippen LogP contribution in [0, 0.1) is 0 Å². The zero-order chi connectivity index (χ0) is 12.7. The Balaban J connectivity index is 2.46. The fourth-order valence-corrected chi connectivity index (χ4v) is 1.10. The van der Waals surface area contributed by atoms with Gasteiger partial charge < -0.3 is 15.2 Å². The number of carbonyl (C=O) groups excluding carboxylic acids is 1. The fourth-order valence-electron chi connectivity index (χ4n) is 1.10. The summed E-state index contributed by atoms with van der Waals surface area (Å²) in [6.45, 7) is 2.46. The van der Waals surface area contributed by atoms with E-state index in [-0.39, 0.29) is 18.2 Å². The first-order valence-electron chi connectivity index (χ1n) is 5.20. The van der Waals surface area contributed by atoms with E-state index >= 15 is 0 Å². The van der Waals surface area contributed by atoms with E-state index in [1.165, 1.54) is 18.3 Å². The molecule has 17 heavy (non-hydrogen) atoms. The van der Waals surface area contributed by atoms with Crippen molar-refractivity contribution in [3.8, 4) is 0 Å². The first-order chi connectivity index (χ1) is 8.13. The van der Waals surface area contributed by atoms with Gasteiger partial charge in [-0.1, -0.05) is 6.92 Å². The van der Waals surface area contributed by atoms with Crippen molar-refractivity contribution in [3.05, 3.63) is 24.0 Å². The molecule has 0 radical (unpaired) electrons. The Morgan fingerprint density at radius 1 is 1.47 bits per heavy atom. The van der Waals surface area contributed by atoms with Crippen LogP contribution in [0.25, 0.3) is 0 Å². The van der Waals surface area contributed by atoms with Crippen LogP contribution in [-0.2, 0) is 9.53 Å². The molecular formula is C11H14N2O4. The first kappa shape index (κ1) is 13.1. The zero-order valence-electron chi connectivity index (χ0n) is 9.47. The van der Waals surface area contributed by atoms with Crippen LogP contribution in [0.1, 0.15) is 23.8 Å². The third kappa shape index (κ3) is 4.60. The van der Waals surface area contributed by atoms with E-state index in [0.717, 1.165) is 6.42 Å². The average molecular weight is 238 g/mol. The number of carboxylic acids is 1. The van der Waals surface area contributed by atoms with E-state index in [1.54, 1.807) is 0 Å². The Kier molecular flexibility index (Phi) is 5.09. The molecule has 0 bridgehead atoms. The zero-order valence-corrected chi connectivity index (χ0v) is 9.47. The predicted octanol–water partition coefficient (Wildman–Crippen LogP) is 1.14. The molecule has 0 aliphatic heterocycles. The number of amides is 1. The smallest absolute Gasteiger partial charge is 0.354 e. The molecule has 2 N–H and O–H groups in total. The van der Waals surface area contributed by atoms with Gasteiger partial charge in [-0.25, -0.2) is 9.78 Å². The van der Waals surface area contributed by atoms with E-state index in [2.05, 4.69) is 10.3 Å². The monoisotopic (exact) mass is 238 g/mol. The number of carboxylic acid groups (broad SMARTS) is 1. The molecule has 0 atom stereocenters. The Morgan fingerprint density at radius 3 is 2.76 bits per heavy atom. The van der Waals surface area contributed by atoms with Gasteiger partial charge in [-0.05, 0) is 18.6 Å². The lowest BCUT2D eigenvalue weighted by Crippen LogP contribution is -2.18. The van der Waals surface area contributed by atoms with E-state index in [0.29, 0.717) is 12.3 Å². The average Bonchev–Trinajstić information content (AvgIpc) is 2.30. The second kappa shape index (κ2) is 6.59. The summed E-state index contributed by atoms with van der Waals surface area (Å²) in [5, 5.41) is 11.2. The normalized spacial score (nSPS) is 9.94. The molecule has 6 heteroatoms. The van der Waals surface area contributed by atoms with E-state index in [4.69, 9.17) is 9.84 Å². The number of hydrogen-bond acceptors (Lipinski definition) is 4. The van der Waals surface area contributed by atoms with Crippen molar-refractivity contribution in [2.24, 2.45) is 0 Å². The van der Waals surface area contributed by atoms with Crippen molar-refractivity contribution >= 4 is 17.6 Å². The van der Waals surface area contributed by atoms with Gasteiger partial charge >= 0.3 is 5.97 Å². The molecule has 0 saturated carbocycles. The summed E-state index contributed by atoms with van der Waals surface area (Å²) >= 11 is 0. The van der Waals surface area contributed by atoms with E-state index in [1.807, 2.05) is 6.92 Å². The van der Waals surface area contributed by atoms with Crippen LogP contribution in [0.15, 0.2) is 18.3 Å². The van der Waals surface area contributed by atoms with Crippen molar-refractivity contribution in [1.29, 1.82) is 0 Å². The van der Waals surface area contributed by atoms with Gasteiger partial charge in [0.2, 0.25) is 5.91 Å². The van der Waals surface area contributed by atoms with Crippen molar-refractivity contribution < 1.29 is 19.4 Å². The summed E-state index contributed by atoms with van der Waals surface area (Å²) in [5.74, 6) is -1.39. The molecule has 0 unspecified atom stereocenters. The SMILES string of the molecule is CCCOCC(=O)Nc1ccc(C(=O)O)nc1. The second-order valence-electron chi connectivity index (χ2n) is 3.34. The Labute approximate surface area is 98.6 Å². The summed E-state index contributed by atoms with van der Waals surface area (Å²) in [7, 11) is 0. The molecule has 0 aliphatic carbocycles. The lowest BCUT2D eigenvalue weighted by molar-refractivity contribution is -0.120. The molecule has 1 heterocycles. The maximum Gasteiger partial charge on any atom is 0.354 e. The van der Waals surface area contributed by atoms with Gasteiger partial charge in [-0.2, -0.15) is 0 Å². The summed E-state index contributed by atoms with van der Waals surface area (Å²) in [5.41, 5.74) is 0.380. The number of rotatable bonds is 6.